The molecule has 2 aromatic rings. The maximum Gasteiger partial charge on any atom is 0.345 e. The Labute approximate surface area is 140 Å². The summed E-state index contributed by atoms with van der Waals surface area (Å²) in [4.78, 5) is 21.9. The van der Waals surface area contributed by atoms with Crippen LogP contribution in [-0.2, 0) is 4.74 Å². The van der Waals surface area contributed by atoms with Crippen LogP contribution in [0.2, 0.25) is 10.0 Å². The number of ether oxygens (including phenoxy) is 2. The van der Waals surface area contributed by atoms with Crippen LogP contribution >= 0.6 is 23.2 Å². The van der Waals surface area contributed by atoms with Crippen molar-refractivity contribution in [1.29, 1.82) is 0 Å². The van der Waals surface area contributed by atoms with Crippen molar-refractivity contribution in [3.63, 3.8) is 0 Å². The van der Waals surface area contributed by atoms with Gasteiger partial charge in [0.2, 0.25) is 0 Å². The Bertz CT molecular complexity index is 793. The van der Waals surface area contributed by atoms with Crippen molar-refractivity contribution in [2.75, 3.05) is 7.11 Å². The Kier molecular flexibility index (Phi) is 4.92. The van der Waals surface area contributed by atoms with Crippen LogP contribution in [-0.4, -0.2) is 23.1 Å². The Morgan fingerprint density at radius 1 is 1.22 bits per heavy atom. The lowest BCUT2D eigenvalue weighted by atomic mass is 10.1. The van der Waals surface area contributed by atoms with Gasteiger partial charge in [0.05, 0.1) is 22.1 Å². The van der Waals surface area contributed by atoms with Gasteiger partial charge in [0, 0.05) is 18.2 Å². The molecule has 0 unspecified atom stereocenters. The number of carbonyl (C=O) groups is 1. The molecule has 0 aliphatic heterocycles. The molecule has 0 saturated heterocycles. The quantitative estimate of drug-likeness (QED) is 0.500. The number of nitro groups is 1. The van der Waals surface area contributed by atoms with Crippen LogP contribution < -0.4 is 4.74 Å². The Hall–Kier alpha value is -2.51. The lowest BCUT2D eigenvalue weighted by molar-refractivity contribution is -0.385. The smallest absolute Gasteiger partial charge is 0.345 e. The molecule has 0 atom stereocenters. The lowest BCUT2D eigenvalue weighted by Gasteiger charge is -2.10. The van der Waals surface area contributed by atoms with E-state index in [-0.39, 0.29) is 32.9 Å². The average Bonchev–Trinajstić information content (AvgIpc) is 2.51. The second kappa shape index (κ2) is 6.72. The summed E-state index contributed by atoms with van der Waals surface area (Å²) in [5.74, 6) is -0.966. The first-order valence-electron chi connectivity index (χ1n) is 6.06. The SMILES string of the molecule is COC(=O)c1cc(Oc2cc(O)c(Cl)cc2Cl)ccc1[N+](=O)[O-]. The van der Waals surface area contributed by atoms with Crippen molar-refractivity contribution < 1.29 is 24.3 Å². The highest BCUT2D eigenvalue weighted by atomic mass is 35.5. The fraction of sp³-hybridized carbons (Fsp3) is 0.0714. The molecule has 0 amide bonds. The van der Waals surface area contributed by atoms with E-state index in [4.69, 9.17) is 27.9 Å². The summed E-state index contributed by atoms with van der Waals surface area (Å²) in [5.41, 5.74) is -0.696. The van der Waals surface area contributed by atoms with E-state index in [0.717, 1.165) is 19.2 Å². The van der Waals surface area contributed by atoms with Gasteiger partial charge in [0.1, 0.15) is 22.8 Å². The van der Waals surface area contributed by atoms with E-state index >= 15 is 0 Å². The van der Waals surface area contributed by atoms with Crippen molar-refractivity contribution in [2.24, 2.45) is 0 Å². The standard InChI is InChI=1S/C14H9Cl2NO6/c1-22-14(19)8-4-7(2-3-11(8)17(20)21)23-13-6-12(18)9(15)5-10(13)16/h2-6,18H,1H3. The number of hydrogen-bond acceptors (Lipinski definition) is 6. The first-order chi connectivity index (χ1) is 10.8. The monoisotopic (exact) mass is 357 g/mol. The van der Waals surface area contributed by atoms with Crippen LogP contribution in [0.15, 0.2) is 30.3 Å². The molecule has 0 bridgehead atoms. The molecule has 1 N–H and O–H groups in total. The second-order valence-electron chi connectivity index (χ2n) is 4.26. The molecule has 120 valence electrons. The van der Waals surface area contributed by atoms with Crippen molar-refractivity contribution in [1.82, 2.24) is 0 Å². The topological polar surface area (TPSA) is 98.9 Å². The van der Waals surface area contributed by atoms with Gasteiger partial charge in [-0.05, 0) is 12.1 Å². The summed E-state index contributed by atoms with van der Waals surface area (Å²) in [6, 6.07) is 5.99. The number of rotatable bonds is 4. The summed E-state index contributed by atoms with van der Waals surface area (Å²) in [5, 5.41) is 20.7. The van der Waals surface area contributed by atoms with Crippen LogP contribution in [0, 0.1) is 10.1 Å². The highest BCUT2D eigenvalue weighted by molar-refractivity contribution is 6.36. The lowest BCUT2D eigenvalue weighted by Crippen LogP contribution is -2.05. The molecule has 0 aromatic heterocycles. The van der Waals surface area contributed by atoms with Gasteiger partial charge in [-0.2, -0.15) is 0 Å². The zero-order valence-corrected chi connectivity index (χ0v) is 13.1. The van der Waals surface area contributed by atoms with Crippen molar-refractivity contribution in [3.05, 3.63) is 56.1 Å². The maximum absolute atomic E-state index is 11.6. The molecule has 0 radical (unpaired) electrons. The zero-order valence-electron chi connectivity index (χ0n) is 11.6. The van der Waals surface area contributed by atoms with E-state index in [2.05, 4.69) is 4.74 Å². The Morgan fingerprint density at radius 2 is 1.91 bits per heavy atom. The molecule has 0 aliphatic rings. The summed E-state index contributed by atoms with van der Waals surface area (Å²) in [6.07, 6.45) is 0. The summed E-state index contributed by atoms with van der Waals surface area (Å²) in [7, 11) is 1.10. The van der Waals surface area contributed by atoms with Crippen molar-refractivity contribution in [2.45, 2.75) is 0 Å². The number of methoxy groups -OCH3 is 1. The number of carbonyl (C=O) groups excluding carboxylic acids is 1. The van der Waals surface area contributed by atoms with Crippen LogP contribution in [0.25, 0.3) is 0 Å². The van der Waals surface area contributed by atoms with Crippen molar-refractivity contribution in [3.8, 4) is 17.2 Å². The van der Waals surface area contributed by atoms with Crippen molar-refractivity contribution >= 4 is 34.9 Å². The van der Waals surface area contributed by atoms with E-state index in [0.29, 0.717) is 0 Å². The minimum atomic E-state index is -0.882. The highest BCUT2D eigenvalue weighted by Gasteiger charge is 2.22. The van der Waals surface area contributed by atoms with E-state index in [1.165, 1.54) is 18.2 Å². The molecule has 23 heavy (non-hydrogen) atoms. The van der Waals surface area contributed by atoms with Gasteiger partial charge in [-0.1, -0.05) is 23.2 Å². The Balaban J connectivity index is 2.43. The number of aromatic hydroxyl groups is 1. The number of nitrogens with zero attached hydrogens (tertiary/aromatic N) is 1. The van der Waals surface area contributed by atoms with Gasteiger partial charge in [-0.3, -0.25) is 10.1 Å². The minimum absolute atomic E-state index is 0.0429. The molecule has 0 spiro atoms. The molecule has 2 rings (SSSR count). The molecule has 9 heteroatoms. The molecule has 0 saturated carbocycles. The fourth-order valence-corrected chi connectivity index (χ4v) is 2.16. The van der Waals surface area contributed by atoms with Gasteiger partial charge in [-0.25, -0.2) is 4.79 Å². The van der Waals surface area contributed by atoms with Crippen LogP contribution in [0.4, 0.5) is 5.69 Å². The molecule has 0 fully saturated rings. The third-order valence-corrected chi connectivity index (χ3v) is 3.40. The molecule has 7 nitrogen and oxygen atoms in total. The molecule has 0 aliphatic carbocycles. The molecular weight excluding hydrogens is 349 g/mol. The number of halogens is 2. The first kappa shape index (κ1) is 16.9. The predicted molar refractivity (Wildman–Crippen MR) is 82.6 cm³/mol. The fourth-order valence-electron chi connectivity index (χ4n) is 1.73. The number of nitro benzene ring substituents is 1. The number of phenols is 1. The first-order valence-corrected chi connectivity index (χ1v) is 6.81. The third kappa shape index (κ3) is 3.64. The van der Waals surface area contributed by atoms with E-state index in [1.54, 1.807) is 0 Å². The Morgan fingerprint density at radius 3 is 2.52 bits per heavy atom. The van der Waals surface area contributed by atoms with Gasteiger partial charge in [0.15, 0.2) is 0 Å². The van der Waals surface area contributed by atoms with Gasteiger partial charge in [-0.15, -0.1) is 0 Å². The van der Waals surface area contributed by atoms with Gasteiger partial charge in [0.25, 0.3) is 5.69 Å². The number of benzene rings is 2. The molecule has 0 heterocycles. The van der Waals surface area contributed by atoms with Gasteiger partial charge < -0.3 is 14.6 Å². The van der Waals surface area contributed by atoms with Gasteiger partial charge >= 0.3 is 5.97 Å². The van der Waals surface area contributed by atoms with E-state index in [1.807, 2.05) is 0 Å². The maximum atomic E-state index is 11.6. The van der Waals surface area contributed by atoms with Crippen LogP contribution in [0.5, 0.6) is 17.2 Å². The summed E-state index contributed by atoms with van der Waals surface area (Å²) in [6.45, 7) is 0. The number of phenolic OH excluding ortho intramolecular Hbond substituents is 1. The van der Waals surface area contributed by atoms with E-state index in [9.17, 15) is 20.0 Å². The summed E-state index contributed by atoms with van der Waals surface area (Å²) < 4.78 is 9.94. The van der Waals surface area contributed by atoms with E-state index < -0.39 is 16.6 Å². The minimum Gasteiger partial charge on any atom is -0.506 e. The van der Waals surface area contributed by atoms with Crippen LogP contribution in [0.1, 0.15) is 10.4 Å². The summed E-state index contributed by atoms with van der Waals surface area (Å²) >= 11 is 11.6. The number of esters is 1. The normalized spacial score (nSPS) is 10.2. The largest absolute Gasteiger partial charge is 0.506 e. The molecule has 2 aromatic carbocycles. The predicted octanol–water partition coefficient (Wildman–Crippen LogP) is 4.19. The average molecular weight is 358 g/mol. The third-order valence-electron chi connectivity index (χ3n) is 2.80. The van der Waals surface area contributed by atoms with Crippen LogP contribution in [0.3, 0.4) is 0 Å². The second-order valence-corrected chi connectivity index (χ2v) is 5.08. The molecular formula is C14H9Cl2NO6. The zero-order chi connectivity index (χ0) is 17.1. The number of hydrogen-bond donors (Lipinski definition) is 1. The highest BCUT2D eigenvalue weighted by Crippen LogP contribution is 2.38.